The fourth-order valence-corrected chi connectivity index (χ4v) is 3.59. The fourth-order valence-electron chi connectivity index (χ4n) is 3.29. The number of aliphatic hydroxyl groups is 1. The second-order valence-electron chi connectivity index (χ2n) is 6.36. The molecule has 0 saturated heterocycles. The highest BCUT2D eigenvalue weighted by atomic mass is 31.2. The molecule has 1 aliphatic rings. The van der Waals surface area contributed by atoms with Crippen LogP contribution in [0.2, 0.25) is 0 Å². The second-order valence-corrected chi connectivity index (χ2v) is 7.08. The lowest BCUT2D eigenvalue weighted by Gasteiger charge is -2.23. The highest BCUT2D eigenvalue weighted by Gasteiger charge is 2.19. The van der Waals surface area contributed by atoms with Crippen molar-refractivity contribution in [3.8, 4) is 11.5 Å². The van der Waals surface area contributed by atoms with Gasteiger partial charge < -0.3 is 19.6 Å². The van der Waals surface area contributed by atoms with Crippen molar-refractivity contribution in [2.24, 2.45) is 0 Å². The summed E-state index contributed by atoms with van der Waals surface area (Å²) in [7, 11) is -2.60. The predicted octanol–water partition coefficient (Wildman–Crippen LogP) is 4.19. The molecule has 25 heavy (non-hydrogen) atoms. The van der Waals surface area contributed by atoms with Crippen LogP contribution in [0.5, 0.6) is 11.5 Å². The average molecular weight is 362 g/mol. The van der Waals surface area contributed by atoms with Crippen LogP contribution in [0.4, 0.5) is 0 Å². The molecule has 3 N–H and O–H groups in total. The number of ether oxygens (including phenoxy) is 1. The third kappa shape index (κ3) is 4.20. The lowest BCUT2D eigenvalue weighted by atomic mass is 9.86. The summed E-state index contributed by atoms with van der Waals surface area (Å²) in [5.41, 5.74) is 5.75. The number of rotatable bonds is 5. The summed E-state index contributed by atoms with van der Waals surface area (Å²) in [5, 5.41) is 9.73. The first-order valence-electron chi connectivity index (χ1n) is 8.38. The van der Waals surface area contributed by atoms with Crippen LogP contribution in [0.15, 0.2) is 30.3 Å². The molecule has 1 atom stereocenters. The van der Waals surface area contributed by atoms with Gasteiger partial charge in [-0.1, -0.05) is 12.1 Å². The summed E-state index contributed by atoms with van der Waals surface area (Å²) in [6.07, 6.45) is 3.17. The largest absolute Gasteiger partial charge is 0.457 e. The van der Waals surface area contributed by atoms with Crippen molar-refractivity contribution in [3.05, 3.63) is 58.1 Å². The third-order valence-corrected chi connectivity index (χ3v) is 5.13. The number of fused-ring (bicyclic) bond motifs is 1. The van der Waals surface area contributed by atoms with E-state index in [0.717, 1.165) is 18.6 Å². The van der Waals surface area contributed by atoms with Crippen LogP contribution >= 0.6 is 8.60 Å². The minimum atomic E-state index is -2.60. The lowest BCUT2D eigenvalue weighted by Crippen LogP contribution is -2.08. The molecule has 2 aromatic carbocycles. The smallest absolute Gasteiger partial charge is 0.329 e. The summed E-state index contributed by atoms with van der Waals surface area (Å²) in [6.45, 7) is 4.28. The van der Waals surface area contributed by atoms with Gasteiger partial charge in [-0.2, -0.15) is 0 Å². The Bertz CT molecular complexity index is 742. The van der Waals surface area contributed by atoms with Crippen molar-refractivity contribution in [1.29, 1.82) is 0 Å². The van der Waals surface area contributed by atoms with Gasteiger partial charge in [-0.25, -0.2) is 0 Å². The maximum Gasteiger partial charge on any atom is 0.329 e. The van der Waals surface area contributed by atoms with Crippen molar-refractivity contribution < 1.29 is 24.2 Å². The number of hydrogen-bond donors (Lipinski definition) is 3. The monoisotopic (exact) mass is 362 g/mol. The maximum absolute atomic E-state index is 9.73. The average Bonchev–Trinajstić information content (AvgIpc) is 2.59. The van der Waals surface area contributed by atoms with Crippen molar-refractivity contribution in [1.82, 2.24) is 0 Å². The topological polar surface area (TPSA) is 79.2 Å². The minimum absolute atomic E-state index is 0.435. The quantitative estimate of drug-likeness (QED) is 0.549. The number of aliphatic hydroxyl groups excluding tert-OH is 1. The van der Waals surface area contributed by atoms with E-state index in [1.807, 2.05) is 0 Å². The van der Waals surface area contributed by atoms with E-state index in [1.165, 1.54) is 35.1 Å². The van der Waals surface area contributed by atoms with Gasteiger partial charge in [-0.3, -0.25) is 4.52 Å². The molecule has 1 aliphatic carbocycles. The Morgan fingerprint density at radius 1 is 1.00 bits per heavy atom. The number of benzene rings is 2. The van der Waals surface area contributed by atoms with Crippen LogP contribution in [0, 0.1) is 13.8 Å². The molecule has 0 spiro atoms. The van der Waals surface area contributed by atoms with Crippen LogP contribution in [0.25, 0.3) is 0 Å². The van der Waals surface area contributed by atoms with E-state index in [2.05, 4.69) is 24.4 Å². The highest BCUT2D eigenvalue weighted by Crippen LogP contribution is 2.37. The molecule has 1 unspecified atom stereocenters. The van der Waals surface area contributed by atoms with Crippen molar-refractivity contribution in [2.75, 3.05) is 0 Å². The molecule has 3 rings (SSSR count). The van der Waals surface area contributed by atoms with Crippen LogP contribution in [-0.2, 0) is 17.4 Å². The van der Waals surface area contributed by atoms with Crippen molar-refractivity contribution >= 4 is 8.60 Å². The normalized spacial score (nSPS) is 15.1. The van der Waals surface area contributed by atoms with E-state index in [4.69, 9.17) is 14.5 Å². The Labute approximate surface area is 148 Å². The Morgan fingerprint density at radius 3 is 2.28 bits per heavy atom. The molecule has 0 fully saturated rings. The molecule has 0 bridgehead atoms. The Morgan fingerprint density at radius 2 is 1.64 bits per heavy atom. The van der Waals surface area contributed by atoms with E-state index in [-0.39, 0.29) is 0 Å². The standard InChI is InChI=1S/C19H23O5P/c1-12-11-18(17-6-4-3-5-16(17)13(12)2)23-15-9-7-14(8-10-15)19(20)24-25(21)22/h7-11,19-22H,3-6H2,1-2H3. The summed E-state index contributed by atoms with van der Waals surface area (Å²) >= 11 is 0. The molecule has 6 heteroatoms. The van der Waals surface area contributed by atoms with Crippen LogP contribution in [0.1, 0.15) is 46.9 Å². The van der Waals surface area contributed by atoms with Crippen LogP contribution < -0.4 is 4.74 Å². The summed E-state index contributed by atoms with van der Waals surface area (Å²) in [4.78, 5) is 17.6. The molecule has 0 saturated carbocycles. The fraction of sp³-hybridized carbons (Fsp3) is 0.368. The molecule has 134 valence electrons. The highest BCUT2D eigenvalue weighted by molar-refractivity contribution is 7.39. The molecule has 0 aromatic heterocycles. The Kier molecular flexibility index (Phi) is 5.72. The van der Waals surface area contributed by atoms with Gasteiger partial charge in [0.2, 0.25) is 0 Å². The SMILES string of the molecule is Cc1cc(Oc2ccc(C(O)OP(O)O)cc2)c2c(c1C)CCCC2. The summed E-state index contributed by atoms with van der Waals surface area (Å²) in [6, 6.07) is 8.86. The first kappa shape index (κ1) is 18.3. The van der Waals surface area contributed by atoms with E-state index in [1.54, 1.807) is 24.3 Å². The Hall–Kier alpha value is -1.49. The minimum Gasteiger partial charge on any atom is -0.457 e. The van der Waals surface area contributed by atoms with Crippen LogP contribution in [0.3, 0.4) is 0 Å². The molecule has 0 amide bonds. The van der Waals surface area contributed by atoms with Gasteiger partial charge in [0.25, 0.3) is 0 Å². The first-order valence-corrected chi connectivity index (χ1v) is 9.54. The van der Waals surface area contributed by atoms with Crippen LogP contribution in [-0.4, -0.2) is 14.9 Å². The van der Waals surface area contributed by atoms with Gasteiger partial charge in [0.15, 0.2) is 6.29 Å². The van der Waals surface area contributed by atoms with E-state index in [0.29, 0.717) is 11.3 Å². The third-order valence-electron chi connectivity index (χ3n) is 4.74. The van der Waals surface area contributed by atoms with Gasteiger partial charge in [0.1, 0.15) is 11.5 Å². The van der Waals surface area contributed by atoms with Gasteiger partial charge in [0, 0.05) is 5.56 Å². The van der Waals surface area contributed by atoms with E-state index in [9.17, 15) is 5.11 Å². The van der Waals surface area contributed by atoms with Crippen molar-refractivity contribution in [2.45, 2.75) is 45.8 Å². The lowest BCUT2D eigenvalue weighted by molar-refractivity contribution is -0.0271. The zero-order valence-corrected chi connectivity index (χ0v) is 15.3. The van der Waals surface area contributed by atoms with E-state index >= 15 is 0 Å². The molecule has 0 heterocycles. The maximum atomic E-state index is 9.73. The molecule has 2 aromatic rings. The molecular weight excluding hydrogens is 339 g/mol. The zero-order valence-electron chi connectivity index (χ0n) is 14.4. The number of aryl methyl sites for hydroxylation is 1. The van der Waals surface area contributed by atoms with Gasteiger partial charge in [0.05, 0.1) is 0 Å². The summed E-state index contributed by atoms with van der Waals surface area (Å²) in [5.74, 6) is 1.57. The van der Waals surface area contributed by atoms with Gasteiger partial charge in [-0.15, -0.1) is 0 Å². The molecule has 0 aliphatic heterocycles. The van der Waals surface area contributed by atoms with Gasteiger partial charge >= 0.3 is 8.60 Å². The molecular formula is C19H23O5P. The van der Waals surface area contributed by atoms with Gasteiger partial charge in [-0.05, 0) is 80.0 Å². The zero-order chi connectivity index (χ0) is 18.0. The molecule has 0 radical (unpaired) electrons. The summed E-state index contributed by atoms with van der Waals surface area (Å²) < 4.78 is 10.7. The molecule has 5 nitrogen and oxygen atoms in total. The first-order chi connectivity index (χ1) is 12.0. The predicted molar refractivity (Wildman–Crippen MR) is 96.5 cm³/mol. The number of hydrogen-bond acceptors (Lipinski definition) is 5. The van der Waals surface area contributed by atoms with E-state index < -0.39 is 14.9 Å². The second kappa shape index (κ2) is 7.81. The van der Waals surface area contributed by atoms with Crippen molar-refractivity contribution in [3.63, 3.8) is 0 Å². The Balaban J connectivity index is 1.82.